The summed E-state index contributed by atoms with van der Waals surface area (Å²) in [6.07, 6.45) is 0.224. The minimum absolute atomic E-state index is 0.00504. The van der Waals surface area contributed by atoms with Crippen molar-refractivity contribution in [1.29, 1.82) is 0 Å². The number of amides is 1. The Morgan fingerprint density at radius 1 is 1.45 bits per heavy atom. The van der Waals surface area contributed by atoms with Gasteiger partial charge in [-0.3, -0.25) is 9.69 Å². The van der Waals surface area contributed by atoms with E-state index < -0.39 is 29.8 Å². The number of piperidine rings is 1. The Morgan fingerprint density at radius 2 is 2.10 bits per heavy atom. The van der Waals surface area contributed by atoms with Gasteiger partial charge in [-0.25, -0.2) is 18.2 Å². The fourth-order valence-corrected chi connectivity index (χ4v) is 3.33. The van der Waals surface area contributed by atoms with Crippen LogP contribution in [0.4, 0.5) is 13.2 Å². The van der Waals surface area contributed by atoms with Gasteiger partial charge in [-0.05, 0) is 26.0 Å². The van der Waals surface area contributed by atoms with Gasteiger partial charge in [-0.15, -0.1) is 0 Å². The maximum atomic E-state index is 14.0. The monoisotopic (exact) mass is 431 g/mol. The molecule has 0 radical (unpaired) electrons. The fraction of sp³-hybridized carbons (Fsp3) is 0.500. The van der Waals surface area contributed by atoms with Crippen LogP contribution in [-0.4, -0.2) is 54.9 Å². The summed E-state index contributed by atoms with van der Waals surface area (Å²) in [4.78, 5) is 18.2. The minimum Gasteiger partial charge on any atom is -0.479 e. The van der Waals surface area contributed by atoms with E-state index in [-0.39, 0.29) is 43.1 Å². The number of allylic oxidation sites excluding steroid dienone is 1. The Labute approximate surface area is 173 Å². The number of rotatable bonds is 8. The number of carbonyl (C=O) groups excluding carboxylic acids is 1. The van der Waals surface area contributed by atoms with Gasteiger partial charge in [0, 0.05) is 38.2 Å². The highest BCUT2D eigenvalue weighted by molar-refractivity contribution is 6.33. The smallest absolute Gasteiger partial charge is 0.255 e. The van der Waals surface area contributed by atoms with Crippen LogP contribution in [0.25, 0.3) is 0 Å². The Morgan fingerprint density at radius 3 is 2.69 bits per heavy atom. The predicted octanol–water partition coefficient (Wildman–Crippen LogP) is 4.28. The lowest BCUT2D eigenvalue weighted by Crippen LogP contribution is -2.54. The van der Waals surface area contributed by atoms with E-state index in [1.807, 2.05) is 4.90 Å². The molecule has 0 bridgehead atoms. The number of halogens is 4. The van der Waals surface area contributed by atoms with Gasteiger partial charge in [0.05, 0.1) is 16.6 Å². The zero-order valence-electron chi connectivity index (χ0n) is 16.4. The molecule has 1 aromatic rings. The molecule has 1 saturated heterocycles. The maximum absolute atomic E-state index is 14.0. The molecule has 2 rings (SSSR count). The number of hydrogen-bond donors (Lipinski definition) is 1. The first-order valence-electron chi connectivity index (χ1n) is 9.28. The molecule has 0 spiro atoms. The Kier molecular flexibility index (Phi) is 8.10. The number of likely N-dealkylation sites (tertiary alicyclic amines) is 1. The van der Waals surface area contributed by atoms with Gasteiger partial charge in [0.25, 0.3) is 11.8 Å². The van der Waals surface area contributed by atoms with Gasteiger partial charge < -0.3 is 10.1 Å². The number of aliphatic imine (C=N–C) groups is 1. The van der Waals surface area contributed by atoms with E-state index in [0.29, 0.717) is 5.70 Å². The second kappa shape index (κ2) is 10.1. The van der Waals surface area contributed by atoms with Crippen LogP contribution in [0.3, 0.4) is 0 Å². The van der Waals surface area contributed by atoms with Crippen molar-refractivity contribution >= 4 is 23.9 Å². The average Bonchev–Trinajstić information content (AvgIpc) is 2.62. The van der Waals surface area contributed by atoms with Gasteiger partial charge in [-0.1, -0.05) is 24.2 Å². The molecule has 1 aliphatic heterocycles. The molecule has 2 unspecified atom stereocenters. The van der Waals surface area contributed by atoms with Crippen LogP contribution >= 0.6 is 11.6 Å². The average molecular weight is 432 g/mol. The zero-order valence-corrected chi connectivity index (χ0v) is 17.2. The molecule has 1 aromatic carbocycles. The fourth-order valence-electron chi connectivity index (χ4n) is 3.08. The number of alkyl halides is 2. The summed E-state index contributed by atoms with van der Waals surface area (Å²) in [5.41, 5.74) is 0.296. The van der Waals surface area contributed by atoms with Crippen LogP contribution in [0, 0.1) is 5.82 Å². The molecule has 29 heavy (non-hydrogen) atoms. The number of ether oxygens (including phenoxy) is 1. The lowest BCUT2D eigenvalue weighted by molar-refractivity contribution is -0.0717. The SMILES string of the molecule is C=C(C)N=COC(C)C(CNC(=O)c1c(F)cccc1Cl)N1CCC(F)(F)CC1. The third-order valence-electron chi connectivity index (χ3n) is 4.75. The van der Waals surface area contributed by atoms with Crippen molar-refractivity contribution in [2.75, 3.05) is 19.6 Å². The maximum Gasteiger partial charge on any atom is 0.255 e. The van der Waals surface area contributed by atoms with Crippen LogP contribution in [0.2, 0.25) is 5.02 Å². The molecule has 1 aliphatic rings. The zero-order chi connectivity index (χ0) is 21.6. The summed E-state index contributed by atoms with van der Waals surface area (Å²) < 4.78 is 46.6. The topological polar surface area (TPSA) is 53.9 Å². The molecule has 9 heteroatoms. The molecule has 5 nitrogen and oxygen atoms in total. The summed E-state index contributed by atoms with van der Waals surface area (Å²) in [6, 6.07) is 3.55. The molecule has 2 atom stereocenters. The lowest BCUT2D eigenvalue weighted by atomic mass is 10.0. The summed E-state index contributed by atoms with van der Waals surface area (Å²) in [5.74, 6) is -4.11. The van der Waals surface area contributed by atoms with Crippen molar-refractivity contribution in [2.24, 2.45) is 4.99 Å². The predicted molar refractivity (Wildman–Crippen MR) is 107 cm³/mol. The second-order valence-corrected chi connectivity index (χ2v) is 7.48. The first-order valence-corrected chi connectivity index (χ1v) is 9.66. The van der Waals surface area contributed by atoms with Gasteiger partial charge in [0.1, 0.15) is 11.9 Å². The van der Waals surface area contributed by atoms with Gasteiger partial charge in [0.2, 0.25) is 0 Å². The number of benzene rings is 1. The number of nitrogens with zero attached hydrogens (tertiary/aromatic N) is 2. The number of hydrogen-bond acceptors (Lipinski definition) is 4. The Balaban J connectivity index is 2.10. The molecule has 1 fully saturated rings. The molecular weight excluding hydrogens is 407 g/mol. The molecule has 1 amide bonds. The van der Waals surface area contributed by atoms with Gasteiger partial charge in [-0.2, -0.15) is 0 Å². The molecule has 1 N–H and O–H groups in total. The Hall–Kier alpha value is -2.06. The standard InChI is InChI=1S/C20H25ClF3N3O2/c1-13(2)26-12-29-14(3)17(27-9-7-20(23,24)8-10-27)11-25-19(28)18-15(21)5-4-6-16(18)22/h4-6,12,14,17H,1,7-11H2,2-3H3,(H,25,28). The number of carbonyl (C=O) groups is 1. The molecule has 160 valence electrons. The highest BCUT2D eigenvalue weighted by Gasteiger charge is 2.38. The molecule has 1 heterocycles. The minimum atomic E-state index is -2.70. The van der Waals surface area contributed by atoms with E-state index in [9.17, 15) is 18.0 Å². The molecule has 0 saturated carbocycles. The lowest BCUT2D eigenvalue weighted by Gasteiger charge is -2.39. The van der Waals surface area contributed by atoms with Crippen molar-refractivity contribution < 1.29 is 22.7 Å². The normalized spacial score (nSPS) is 19.0. The quantitative estimate of drug-likeness (QED) is 0.494. The molecule has 0 aromatic heterocycles. The van der Waals surface area contributed by atoms with Crippen molar-refractivity contribution in [3.63, 3.8) is 0 Å². The van der Waals surface area contributed by atoms with Gasteiger partial charge >= 0.3 is 0 Å². The Bertz CT molecular complexity index is 743. The van der Waals surface area contributed by atoms with E-state index in [1.165, 1.54) is 18.5 Å². The summed E-state index contributed by atoms with van der Waals surface area (Å²) >= 11 is 5.94. The van der Waals surface area contributed by atoms with Crippen molar-refractivity contribution in [2.45, 2.75) is 44.8 Å². The first-order chi connectivity index (χ1) is 13.6. The van der Waals surface area contributed by atoms with E-state index in [4.69, 9.17) is 16.3 Å². The largest absolute Gasteiger partial charge is 0.479 e. The summed E-state index contributed by atoms with van der Waals surface area (Å²) in [6.45, 7) is 7.46. The van der Waals surface area contributed by atoms with E-state index in [0.717, 1.165) is 6.07 Å². The summed E-state index contributed by atoms with van der Waals surface area (Å²) in [7, 11) is 0. The van der Waals surface area contributed by atoms with Gasteiger partial charge in [0.15, 0.2) is 6.40 Å². The first kappa shape index (κ1) is 23.2. The summed E-state index contributed by atoms with van der Waals surface area (Å²) in [5, 5.41) is 2.64. The van der Waals surface area contributed by atoms with Crippen molar-refractivity contribution in [3.05, 3.63) is 46.9 Å². The van der Waals surface area contributed by atoms with Crippen molar-refractivity contribution in [1.82, 2.24) is 10.2 Å². The highest BCUT2D eigenvalue weighted by atomic mass is 35.5. The van der Waals surface area contributed by atoms with E-state index in [2.05, 4.69) is 16.9 Å². The van der Waals surface area contributed by atoms with Crippen LogP contribution in [0.5, 0.6) is 0 Å². The second-order valence-electron chi connectivity index (χ2n) is 7.08. The van der Waals surface area contributed by atoms with Crippen LogP contribution in [0.15, 0.2) is 35.5 Å². The van der Waals surface area contributed by atoms with Crippen LogP contribution < -0.4 is 5.32 Å². The van der Waals surface area contributed by atoms with Crippen molar-refractivity contribution in [3.8, 4) is 0 Å². The van der Waals surface area contributed by atoms with Crippen LogP contribution in [-0.2, 0) is 4.74 Å². The van der Waals surface area contributed by atoms with E-state index >= 15 is 0 Å². The third kappa shape index (κ3) is 6.75. The van der Waals surface area contributed by atoms with Crippen LogP contribution in [0.1, 0.15) is 37.0 Å². The third-order valence-corrected chi connectivity index (χ3v) is 5.07. The molecule has 0 aliphatic carbocycles. The highest BCUT2D eigenvalue weighted by Crippen LogP contribution is 2.29. The number of nitrogens with one attached hydrogen (secondary N) is 1. The van der Waals surface area contributed by atoms with E-state index in [1.54, 1.807) is 13.8 Å². The molecular formula is C20H25ClF3N3O2.